The highest BCUT2D eigenvalue weighted by atomic mass is 79.9. The molecule has 1 fully saturated rings. The van der Waals surface area contributed by atoms with Crippen LogP contribution in [-0.4, -0.2) is 23.3 Å². The Bertz CT molecular complexity index is 610. The number of hydrogen-bond acceptors (Lipinski definition) is 2. The zero-order valence-corrected chi connectivity index (χ0v) is 11.7. The van der Waals surface area contributed by atoms with Gasteiger partial charge < -0.3 is 0 Å². The number of benzene rings is 1. The molecule has 2 amide bonds. The van der Waals surface area contributed by atoms with Crippen LogP contribution < -0.4 is 5.32 Å². The Labute approximate surface area is 118 Å². The summed E-state index contributed by atoms with van der Waals surface area (Å²) in [6, 6.07) is 4.00. The highest BCUT2D eigenvalue weighted by Crippen LogP contribution is 2.35. The fourth-order valence-corrected chi connectivity index (χ4v) is 2.45. The van der Waals surface area contributed by atoms with E-state index in [1.54, 1.807) is 13.0 Å². The number of nitrogens with one attached hydrogen (secondary N) is 2. The average Bonchev–Trinajstić information content (AvgIpc) is 2.54. The lowest BCUT2D eigenvalue weighted by Crippen LogP contribution is -2.45. The van der Waals surface area contributed by atoms with Gasteiger partial charge in [0.2, 0.25) is 0 Å². The summed E-state index contributed by atoms with van der Waals surface area (Å²) in [6.45, 7) is 1.59. The largest absolute Gasteiger partial charge is 0.324 e. The van der Waals surface area contributed by atoms with Gasteiger partial charge in [0.15, 0.2) is 0 Å². The van der Waals surface area contributed by atoms with Crippen molar-refractivity contribution >= 4 is 27.8 Å². The van der Waals surface area contributed by atoms with Crippen molar-refractivity contribution < 1.29 is 9.18 Å². The molecular weight excluding hydrogens is 313 g/mol. The lowest BCUT2D eigenvalue weighted by Gasteiger charge is -2.32. The van der Waals surface area contributed by atoms with Crippen LogP contribution in [0.5, 0.6) is 0 Å². The number of hydrogen-bond donors (Lipinski definition) is 2. The van der Waals surface area contributed by atoms with Gasteiger partial charge >= 0.3 is 6.03 Å². The van der Waals surface area contributed by atoms with Gasteiger partial charge in [0.25, 0.3) is 0 Å². The molecule has 1 aliphatic rings. The van der Waals surface area contributed by atoms with Crippen molar-refractivity contribution in [1.82, 2.24) is 10.2 Å². The van der Waals surface area contributed by atoms with Crippen LogP contribution in [0.25, 0.3) is 0 Å². The summed E-state index contributed by atoms with van der Waals surface area (Å²) >= 11 is 3.17. The number of halogens is 2. The molecule has 0 saturated carbocycles. The van der Waals surface area contributed by atoms with E-state index in [9.17, 15) is 9.18 Å². The Balaban J connectivity index is 2.58. The molecule has 0 aliphatic carbocycles. The lowest BCUT2D eigenvalue weighted by atomic mass is 9.89. The van der Waals surface area contributed by atoms with E-state index in [4.69, 9.17) is 11.8 Å². The maximum atomic E-state index is 14.1. The van der Waals surface area contributed by atoms with Gasteiger partial charge in [-0.1, -0.05) is 27.9 Å². The second kappa shape index (κ2) is 4.67. The molecule has 0 aromatic heterocycles. The van der Waals surface area contributed by atoms with Crippen molar-refractivity contribution in [3.05, 3.63) is 34.1 Å². The number of terminal acetylenes is 1. The molecule has 1 atom stereocenters. The Kier molecular flexibility index (Phi) is 3.33. The molecule has 1 heterocycles. The third kappa shape index (κ3) is 2.00. The minimum Gasteiger partial charge on any atom is -0.297 e. The number of amides is 2. The van der Waals surface area contributed by atoms with E-state index in [-0.39, 0.29) is 17.9 Å². The first-order chi connectivity index (χ1) is 8.91. The first-order valence-electron chi connectivity index (χ1n) is 5.48. The molecule has 98 valence electrons. The molecule has 19 heavy (non-hydrogen) atoms. The van der Waals surface area contributed by atoms with E-state index in [0.717, 1.165) is 0 Å². The van der Waals surface area contributed by atoms with Gasteiger partial charge in [0.1, 0.15) is 17.2 Å². The number of nitrogens with zero attached hydrogens (tertiary/aromatic N) is 1. The van der Waals surface area contributed by atoms with E-state index in [0.29, 0.717) is 4.47 Å². The molecule has 2 N–H and O–H groups in total. The highest BCUT2D eigenvalue weighted by molar-refractivity contribution is 9.10. The van der Waals surface area contributed by atoms with Crippen molar-refractivity contribution in [2.45, 2.75) is 12.5 Å². The Morgan fingerprint density at radius 2 is 2.32 bits per heavy atom. The standard InChI is InChI=1S/C13H11BrFN3O/c1-3-6-18-12(19)17-11(16)13(18,2)9-5-4-8(14)7-10(9)15/h1,4-5,7H,6H2,2H3,(H2,16,17,19). The SMILES string of the molecule is C#CCN1C(=O)NC(=N)C1(C)c1ccc(Br)cc1F. The van der Waals surface area contributed by atoms with Gasteiger partial charge in [-0.05, 0) is 19.1 Å². The number of rotatable bonds is 2. The normalized spacial score (nSPS) is 22.3. The van der Waals surface area contributed by atoms with Crippen molar-refractivity contribution in [2.24, 2.45) is 0 Å². The van der Waals surface area contributed by atoms with Gasteiger partial charge in [-0.15, -0.1) is 6.42 Å². The zero-order chi connectivity index (χ0) is 14.2. The van der Waals surface area contributed by atoms with Crippen molar-refractivity contribution in [1.29, 1.82) is 5.41 Å². The molecule has 1 aliphatic heterocycles. The number of carbonyl (C=O) groups is 1. The first-order valence-corrected chi connectivity index (χ1v) is 6.27. The van der Waals surface area contributed by atoms with Crippen molar-refractivity contribution in [3.8, 4) is 12.3 Å². The Morgan fingerprint density at radius 1 is 1.63 bits per heavy atom. The van der Waals surface area contributed by atoms with E-state index in [1.165, 1.54) is 17.0 Å². The molecule has 1 aromatic rings. The van der Waals surface area contributed by atoms with Crippen LogP contribution in [0.2, 0.25) is 0 Å². The van der Waals surface area contributed by atoms with Crippen LogP contribution in [0.4, 0.5) is 9.18 Å². The summed E-state index contributed by atoms with van der Waals surface area (Å²) in [5.74, 6) is 1.76. The fraction of sp³-hybridized carbons (Fsp3) is 0.231. The second-order valence-electron chi connectivity index (χ2n) is 4.29. The van der Waals surface area contributed by atoms with E-state index >= 15 is 0 Å². The van der Waals surface area contributed by atoms with Crippen LogP contribution in [-0.2, 0) is 5.54 Å². The molecule has 2 rings (SSSR count). The van der Waals surface area contributed by atoms with Crippen LogP contribution >= 0.6 is 15.9 Å². The van der Waals surface area contributed by atoms with E-state index in [1.807, 2.05) is 0 Å². The summed E-state index contributed by atoms with van der Waals surface area (Å²) in [7, 11) is 0. The zero-order valence-electron chi connectivity index (χ0n) is 10.1. The summed E-state index contributed by atoms with van der Waals surface area (Å²) in [5, 5.41) is 10.3. The first kappa shape index (κ1) is 13.6. The Hall–Kier alpha value is -1.87. The maximum Gasteiger partial charge on any atom is 0.324 e. The van der Waals surface area contributed by atoms with Crippen LogP contribution in [0.1, 0.15) is 12.5 Å². The minimum atomic E-state index is -1.21. The summed E-state index contributed by atoms with van der Waals surface area (Å²) in [4.78, 5) is 13.1. The fourth-order valence-electron chi connectivity index (χ4n) is 2.12. The predicted octanol–water partition coefficient (Wildman–Crippen LogP) is 2.44. The molecule has 4 nitrogen and oxygen atoms in total. The summed E-state index contributed by atoms with van der Waals surface area (Å²) in [5.41, 5.74) is -0.983. The van der Waals surface area contributed by atoms with Crippen LogP contribution in [0, 0.1) is 23.6 Å². The van der Waals surface area contributed by atoms with Gasteiger partial charge in [-0.3, -0.25) is 15.6 Å². The topological polar surface area (TPSA) is 56.2 Å². The van der Waals surface area contributed by atoms with Gasteiger partial charge in [0.05, 0.1) is 6.54 Å². The highest BCUT2D eigenvalue weighted by Gasteiger charge is 2.48. The quantitative estimate of drug-likeness (QED) is 0.807. The molecule has 1 unspecified atom stereocenters. The molecule has 0 bridgehead atoms. The monoisotopic (exact) mass is 323 g/mol. The van der Waals surface area contributed by atoms with Crippen LogP contribution in [0.15, 0.2) is 22.7 Å². The maximum absolute atomic E-state index is 14.1. The molecule has 6 heteroatoms. The molecule has 0 radical (unpaired) electrons. The van der Waals surface area contributed by atoms with Crippen molar-refractivity contribution in [3.63, 3.8) is 0 Å². The second-order valence-corrected chi connectivity index (χ2v) is 5.21. The van der Waals surface area contributed by atoms with E-state index < -0.39 is 17.4 Å². The van der Waals surface area contributed by atoms with E-state index in [2.05, 4.69) is 27.2 Å². The van der Waals surface area contributed by atoms with Gasteiger partial charge in [-0.25, -0.2) is 9.18 Å². The molecule has 1 aromatic carbocycles. The summed E-state index contributed by atoms with van der Waals surface area (Å²) in [6.07, 6.45) is 5.23. The number of carbonyl (C=O) groups excluding carboxylic acids is 1. The third-order valence-corrected chi connectivity index (χ3v) is 3.70. The lowest BCUT2D eigenvalue weighted by molar-refractivity contribution is 0.189. The van der Waals surface area contributed by atoms with Gasteiger partial charge in [0, 0.05) is 10.0 Å². The third-order valence-electron chi connectivity index (χ3n) is 3.21. The number of amidine groups is 1. The van der Waals surface area contributed by atoms with Crippen molar-refractivity contribution in [2.75, 3.05) is 6.54 Å². The minimum absolute atomic E-state index is 0.000216. The van der Waals surface area contributed by atoms with Crippen LogP contribution in [0.3, 0.4) is 0 Å². The summed E-state index contributed by atoms with van der Waals surface area (Å²) < 4.78 is 14.7. The number of urea groups is 1. The molecule has 0 spiro atoms. The molecule has 1 saturated heterocycles. The smallest absolute Gasteiger partial charge is 0.297 e. The Morgan fingerprint density at radius 3 is 2.89 bits per heavy atom. The molecular formula is C13H11BrFN3O. The predicted molar refractivity (Wildman–Crippen MR) is 73.2 cm³/mol. The van der Waals surface area contributed by atoms with Gasteiger partial charge in [-0.2, -0.15) is 0 Å². The average molecular weight is 324 g/mol.